The van der Waals surface area contributed by atoms with Gasteiger partial charge in [0.15, 0.2) is 0 Å². The third-order valence-corrected chi connectivity index (χ3v) is 1.54. The van der Waals surface area contributed by atoms with Gasteiger partial charge in [0.25, 0.3) is 5.91 Å². The standard InChI is InChI=1S/C11H19NO/c1-6-7-10(8(2)3)11(13)12-9(4)5/h6-7,9H,1-5H3,(H,12,13)/b7-6-. The van der Waals surface area contributed by atoms with Crippen LogP contribution in [0.25, 0.3) is 0 Å². The number of nitrogens with one attached hydrogen (secondary N) is 1. The third-order valence-electron chi connectivity index (χ3n) is 1.54. The predicted molar refractivity (Wildman–Crippen MR) is 56.5 cm³/mol. The van der Waals surface area contributed by atoms with Crippen LogP contribution >= 0.6 is 0 Å². The van der Waals surface area contributed by atoms with Gasteiger partial charge in [-0.05, 0) is 34.6 Å². The van der Waals surface area contributed by atoms with Crippen molar-refractivity contribution < 1.29 is 4.79 Å². The van der Waals surface area contributed by atoms with Gasteiger partial charge < -0.3 is 5.32 Å². The van der Waals surface area contributed by atoms with Crippen LogP contribution in [-0.4, -0.2) is 11.9 Å². The maximum absolute atomic E-state index is 11.6. The molecule has 2 nitrogen and oxygen atoms in total. The zero-order chi connectivity index (χ0) is 10.4. The molecule has 0 radical (unpaired) electrons. The highest BCUT2D eigenvalue weighted by Crippen LogP contribution is 2.05. The Balaban J connectivity index is 4.59. The Morgan fingerprint density at radius 1 is 1.31 bits per heavy atom. The summed E-state index contributed by atoms with van der Waals surface area (Å²) < 4.78 is 0. The van der Waals surface area contributed by atoms with Crippen LogP contribution in [0.1, 0.15) is 34.6 Å². The Bertz CT molecular complexity index is 232. The molecule has 0 rings (SSSR count). The lowest BCUT2D eigenvalue weighted by molar-refractivity contribution is -0.117. The second kappa shape index (κ2) is 5.57. The van der Waals surface area contributed by atoms with Crippen LogP contribution < -0.4 is 5.32 Å². The van der Waals surface area contributed by atoms with E-state index in [1.54, 1.807) is 0 Å². The van der Waals surface area contributed by atoms with E-state index in [9.17, 15) is 4.79 Å². The van der Waals surface area contributed by atoms with Gasteiger partial charge in [-0.3, -0.25) is 4.79 Å². The van der Waals surface area contributed by atoms with Crippen molar-refractivity contribution in [1.82, 2.24) is 5.32 Å². The Labute approximate surface area is 80.7 Å². The third kappa shape index (κ3) is 4.51. The number of hydrogen-bond acceptors (Lipinski definition) is 1. The summed E-state index contributed by atoms with van der Waals surface area (Å²) in [5.74, 6) is 0.00750. The Kier molecular flexibility index (Phi) is 5.12. The lowest BCUT2D eigenvalue weighted by atomic mass is 10.1. The molecule has 1 N–H and O–H groups in total. The molecule has 0 spiro atoms. The molecule has 0 aliphatic heterocycles. The lowest BCUT2D eigenvalue weighted by Crippen LogP contribution is -2.31. The maximum atomic E-state index is 11.6. The molecule has 0 heterocycles. The van der Waals surface area contributed by atoms with E-state index in [1.807, 2.05) is 46.8 Å². The average Bonchev–Trinajstić information content (AvgIpc) is 1.97. The van der Waals surface area contributed by atoms with E-state index < -0.39 is 0 Å². The smallest absolute Gasteiger partial charge is 0.251 e. The average molecular weight is 181 g/mol. The normalized spacial score (nSPS) is 10.6. The second-order valence-corrected chi connectivity index (χ2v) is 3.54. The molecule has 0 atom stereocenters. The first-order chi connectivity index (χ1) is 5.99. The van der Waals surface area contributed by atoms with E-state index in [2.05, 4.69) is 5.32 Å². The summed E-state index contributed by atoms with van der Waals surface area (Å²) >= 11 is 0. The molecule has 0 aliphatic rings. The highest BCUT2D eigenvalue weighted by atomic mass is 16.1. The molecular weight excluding hydrogens is 162 g/mol. The first kappa shape index (κ1) is 11.9. The molecule has 1 amide bonds. The van der Waals surface area contributed by atoms with Crippen LogP contribution in [0.5, 0.6) is 0 Å². The fraction of sp³-hybridized carbons (Fsp3) is 0.545. The number of amides is 1. The van der Waals surface area contributed by atoms with E-state index in [0.29, 0.717) is 0 Å². The zero-order valence-corrected chi connectivity index (χ0v) is 9.14. The molecule has 0 aromatic carbocycles. The van der Waals surface area contributed by atoms with Gasteiger partial charge in [-0.25, -0.2) is 0 Å². The van der Waals surface area contributed by atoms with E-state index in [0.717, 1.165) is 11.1 Å². The molecule has 2 heteroatoms. The van der Waals surface area contributed by atoms with E-state index >= 15 is 0 Å². The minimum absolute atomic E-state index is 0.00750. The van der Waals surface area contributed by atoms with Gasteiger partial charge >= 0.3 is 0 Å². The molecule has 0 saturated heterocycles. The first-order valence-corrected chi connectivity index (χ1v) is 4.60. The summed E-state index contributed by atoms with van der Waals surface area (Å²) in [5.41, 5.74) is 1.80. The van der Waals surface area contributed by atoms with Crippen molar-refractivity contribution in [2.45, 2.75) is 40.7 Å². The minimum Gasteiger partial charge on any atom is -0.350 e. The van der Waals surface area contributed by atoms with Gasteiger partial charge in [-0.15, -0.1) is 0 Å². The number of hydrogen-bond donors (Lipinski definition) is 1. The van der Waals surface area contributed by atoms with Gasteiger partial charge in [0, 0.05) is 11.6 Å². The van der Waals surface area contributed by atoms with Crippen LogP contribution in [0.15, 0.2) is 23.3 Å². The molecule has 0 fully saturated rings. The molecule has 0 saturated carbocycles. The fourth-order valence-electron chi connectivity index (χ4n) is 0.976. The van der Waals surface area contributed by atoms with Gasteiger partial charge in [0.1, 0.15) is 0 Å². The molecule has 0 aromatic rings. The minimum atomic E-state index is 0.00750. The van der Waals surface area contributed by atoms with Crippen LogP contribution in [0.4, 0.5) is 0 Å². The topological polar surface area (TPSA) is 29.1 Å². The van der Waals surface area contributed by atoms with Crippen molar-refractivity contribution in [3.05, 3.63) is 23.3 Å². The number of allylic oxidation sites excluding steroid dienone is 2. The van der Waals surface area contributed by atoms with Gasteiger partial charge in [-0.2, -0.15) is 0 Å². The first-order valence-electron chi connectivity index (χ1n) is 4.60. The Morgan fingerprint density at radius 3 is 2.15 bits per heavy atom. The van der Waals surface area contributed by atoms with Gasteiger partial charge in [0.2, 0.25) is 0 Å². The molecule has 0 unspecified atom stereocenters. The monoisotopic (exact) mass is 181 g/mol. The van der Waals surface area contributed by atoms with Crippen molar-refractivity contribution in [2.75, 3.05) is 0 Å². The van der Waals surface area contributed by atoms with Crippen molar-refractivity contribution in [1.29, 1.82) is 0 Å². The fourth-order valence-corrected chi connectivity index (χ4v) is 0.976. The second-order valence-electron chi connectivity index (χ2n) is 3.54. The van der Waals surface area contributed by atoms with Crippen LogP contribution in [0.2, 0.25) is 0 Å². The molecular formula is C11H19NO. The van der Waals surface area contributed by atoms with Crippen molar-refractivity contribution in [3.63, 3.8) is 0 Å². The van der Waals surface area contributed by atoms with Crippen molar-refractivity contribution >= 4 is 5.91 Å². The summed E-state index contributed by atoms with van der Waals surface area (Å²) in [7, 11) is 0. The molecule has 0 aliphatic carbocycles. The quantitative estimate of drug-likeness (QED) is 0.526. The summed E-state index contributed by atoms with van der Waals surface area (Å²) in [6.07, 6.45) is 3.72. The van der Waals surface area contributed by atoms with Gasteiger partial charge in [0.05, 0.1) is 0 Å². The number of carbonyl (C=O) groups excluding carboxylic acids is 1. The molecule has 0 bridgehead atoms. The SMILES string of the molecule is C/C=C\C(C(=O)NC(C)C)=C(C)C. The van der Waals surface area contributed by atoms with Gasteiger partial charge in [-0.1, -0.05) is 17.7 Å². The maximum Gasteiger partial charge on any atom is 0.251 e. The zero-order valence-electron chi connectivity index (χ0n) is 9.14. The molecule has 0 aromatic heterocycles. The van der Waals surface area contributed by atoms with Crippen LogP contribution in [-0.2, 0) is 4.79 Å². The van der Waals surface area contributed by atoms with E-state index in [4.69, 9.17) is 0 Å². The van der Waals surface area contributed by atoms with Crippen molar-refractivity contribution in [2.24, 2.45) is 0 Å². The summed E-state index contributed by atoms with van der Waals surface area (Å²) in [4.78, 5) is 11.6. The highest BCUT2D eigenvalue weighted by molar-refractivity contribution is 5.96. The summed E-state index contributed by atoms with van der Waals surface area (Å²) in [6.45, 7) is 9.70. The molecule has 13 heavy (non-hydrogen) atoms. The predicted octanol–water partition coefficient (Wildman–Crippen LogP) is 2.42. The number of carbonyl (C=O) groups is 1. The Hall–Kier alpha value is -1.05. The summed E-state index contributed by atoms with van der Waals surface area (Å²) in [5, 5.41) is 2.86. The number of rotatable bonds is 3. The Morgan fingerprint density at radius 2 is 1.85 bits per heavy atom. The van der Waals surface area contributed by atoms with Crippen LogP contribution in [0, 0.1) is 0 Å². The van der Waals surface area contributed by atoms with Crippen LogP contribution in [0.3, 0.4) is 0 Å². The van der Waals surface area contributed by atoms with E-state index in [-0.39, 0.29) is 11.9 Å². The lowest BCUT2D eigenvalue weighted by Gasteiger charge is -2.09. The highest BCUT2D eigenvalue weighted by Gasteiger charge is 2.08. The van der Waals surface area contributed by atoms with E-state index in [1.165, 1.54) is 0 Å². The molecule has 74 valence electrons. The summed E-state index contributed by atoms with van der Waals surface area (Å²) in [6, 6.07) is 0.187. The van der Waals surface area contributed by atoms with Crippen molar-refractivity contribution in [3.8, 4) is 0 Å². The largest absolute Gasteiger partial charge is 0.350 e.